The van der Waals surface area contributed by atoms with Crippen LogP contribution in [0, 0.1) is 0 Å². The van der Waals surface area contributed by atoms with Gasteiger partial charge in [-0.3, -0.25) is 4.79 Å². The van der Waals surface area contributed by atoms with E-state index in [0.717, 1.165) is 21.9 Å². The van der Waals surface area contributed by atoms with Crippen molar-refractivity contribution in [2.75, 3.05) is 12.1 Å². The number of hydrogen-bond donors (Lipinski definition) is 1. The largest absolute Gasteiger partial charge is 0.273 e. The molecule has 122 valence electrons. The maximum atomic E-state index is 11.6. The molecule has 0 aliphatic heterocycles. The van der Waals surface area contributed by atoms with Crippen molar-refractivity contribution in [1.29, 1.82) is 0 Å². The molecule has 0 saturated heterocycles. The Hall–Kier alpha value is -1.01. The second-order valence-corrected chi connectivity index (χ2v) is 7.49. The van der Waals surface area contributed by atoms with Crippen LogP contribution in [0.1, 0.15) is 21.7 Å². The van der Waals surface area contributed by atoms with E-state index in [4.69, 9.17) is 23.2 Å². The molecule has 1 aromatic carbocycles. The summed E-state index contributed by atoms with van der Waals surface area (Å²) in [5, 5.41) is 4.97. The van der Waals surface area contributed by atoms with Gasteiger partial charge in [0.1, 0.15) is 5.71 Å². The van der Waals surface area contributed by atoms with Crippen LogP contribution in [0.2, 0.25) is 5.02 Å². The maximum absolute atomic E-state index is 11.6. The molecular formula is C16H16Cl2N2OS2. The van der Waals surface area contributed by atoms with Gasteiger partial charge in [0, 0.05) is 33.5 Å². The van der Waals surface area contributed by atoms with E-state index >= 15 is 0 Å². The molecule has 7 heteroatoms. The van der Waals surface area contributed by atoms with Crippen LogP contribution in [-0.4, -0.2) is 23.8 Å². The van der Waals surface area contributed by atoms with E-state index in [-0.39, 0.29) is 18.2 Å². The van der Waals surface area contributed by atoms with Gasteiger partial charge in [-0.05, 0) is 30.5 Å². The number of thioether (sulfide) groups is 1. The molecule has 0 saturated carbocycles. The average Bonchev–Trinajstić information content (AvgIpc) is 2.98. The third kappa shape index (κ3) is 5.53. The van der Waals surface area contributed by atoms with Crippen molar-refractivity contribution in [3.05, 3.63) is 56.7 Å². The van der Waals surface area contributed by atoms with Crippen molar-refractivity contribution in [1.82, 2.24) is 5.43 Å². The van der Waals surface area contributed by atoms with E-state index in [0.29, 0.717) is 5.02 Å². The Morgan fingerprint density at radius 3 is 2.65 bits per heavy atom. The average molecular weight is 387 g/mol. The zero-order valence-corrected chi connectivity index (χ0v) is 15.7. The van der Waals surface area contributed by atoms with Gasteiger partial charge in [0.25, 0.3) is 0 Å². The minimum atomic E-state index is -0.202. The van der Waals surface area contributed by atoms with Crippen LogP contribution in [0.3, 0.4) is 0 Å². The van der Waals surface area contributed by atoms with E-state index in [9.17, 15) is 4.79 Å². The van der Waals surface area contributed by atoms with Gasteiger partial charge in [-0.2, -0.15) is 16.9 Å². The molecule has 0 atom stereocenters. The van der Waals surface area contributed by atoms with Crippen LogP contribution >= 0.6 is 46.3 Å². The number of nitrogens with one attached hydrogen (secondary N) is 1. The summed E-state index contributed by atoms with van der Waals surface area (Å²) in [5.41, 5.74) is 4.19. The second-order valence-electron chi connectivity index (χ2n) is 4.64. The molecule has 1 N–H and O–H groups in total. The quantitative estimate of drug-likeness (QED) is 0.423. The molecule has 1 aromatic heterocycles. The molecule has 2 aromatic rings. The number of rotatable bonds is 7. The number of benzene rings is 1. The van der Waals surface area contributed by atoms with Crippen LogP contribution in [0.4, 0.5) is 0 Å². The van der Waals surface area contributed by atoms with E-state index in [1.807, 2.05) is 30.3 Å². The summed E-state index contributed by atoms with van der Waals surface area (Å²) in [6.45, 7) is 0. The molecule has 1 amide bonds. The highest BCUT2D eigenvalue weighted by Crippen LogP contribution is 2.24. The fraction of sp³-hybridized carbons (Fsp3) is 0.250. The molecule has 0 fully saturated rings. The lowest BCUT2D eigenvalue weighted by Crippen LogP contribution is -2.20. The van der Waals surface area contributed by atoms with Crippen molar-refractivity contribution in [3.63, 3.8) is 0 Å². The Kier molecular flexibility index (Phi) is 7.43. The number of hydrazone groups is 1. The Bertz CT molecular complexity index is 684. The Morgan fingerprint density at radius 1 is 1.26 bits per heavy atom. The first-order valence-corrected chi connectivity index (χ1v) is 10.0. The zero-order chi connectivity index (χ0) is 16.7. The lowest BCUT2D eigenvalue weighted by molar-refractivity contribution is -0.120. The van der Waals surface area contributed by atoms with Crippen molar-refractivity contribution in [2.45, 2.75) is 12.2 Å². The third-order valence-electron chi connectivity index (χ3n) is 2.91. The highest BCUT2D eigenvalue weighted by atomic mass is 35.5. The molecule has 23 heavy (non-hydrogen) atoms. The fourth-order valence-electron chi connectivity index (χ4n) is 1.85. The van der Waals surface area contributed by atoms with Crippen LogP contribution in [0.25, 0.3) is 0 Å². The summed E-state index contributed by atoms with van der Waals surface area (Å²) in [6, 6.07) is 11.5. The van der Waals surface area contributed by atoms with Gasteiger partial charge in [0.15, 0.2) is 0 Å². The van der Waals surface area contributed by atoms with Gasteiger partial charge < -0.3 is 0 Å². The summed E-state index contributed by atoms with van der Waals surface area (Å²) < 4.78 is 0. The zero-order valence-electron chi connectivity index (χ0n) is 12.5. The second kappa shape index (κ2) is 9.33. The summed E-state index contributed by atoms with van der Waals surface area (Å²) >= 11 is 15.0. The van der Waals surface area contributed by atoms with E-state index in [1.165, 1.54) is 4.88 Å². The van der Waals surface area contributed by atoms with Gasteiger partial charge in [0.05, 0.1) is 4.88 Å². The number of hydrogen-bond acceptors (Lipinski definition) is 4. The number of thiophene rings is 1. The molecule has 0 radical (unpaired) electrons. The van der Waals surface area contributed by atoms with Gasteiger partial charge in [-0.25, -0.2) is 5.43 Å². The first kappa shape index (κ1) is 18.3. The first-order valence-electron chi connectivity index (χ1n) is 6.90. The van der Waals surface area contributed by atoms with Gasteiger partial charge >= 0.3 is 0 Å². The summed E-state index contributed by atoms with van der Waals surface area (Å²) in [4.78, 5) is 13.9. The van der Waals surface area contributed by atoms with Gasteiger partial charge in [-0.15, -0.1) is 22.9 Å². The predicted molar refractivity (Wildman–Crippen MR) is 102 cm³/mol. The maximum Gasteiger partial charge on any atom is 0.241 e. The minimum absolute atomic E-state index is 0.202. The summed E-state index contributed by atoms with van der Waals surface area (Å²) in [6.07, 6.45) is 2.31. The monoisotopic (exact) mass is 386 g/mol. The topological polar surface area (TPSA) is 41.5 Å². The van der Waals surface area contributed by atoms with Crippen LogP contribution in [0.15, 0.2) is 41.5 Å². The standard InChI is InChI=1S/C16H16Cl2N2OS2/c1-22-10-13-6-7-14(23-13)16(20-19-15(21)8-9-17)11-2-4-12(18)5-3-11/h2-7H,8-10H2,1H3,(H,19,21). The molecule has 0 unspecified atom stereocenters. The Morgan fingerprint density at radius 2 is 2.00 bits per heavy atom. The normalized spacial score (nSPS) is 11.5. The number of halogens is 2. The lowest BCUT2D eigenvalue weighted by atomic mass is 10.1. The van der Waals surface area contributed by atoms with Crippen LogP contribution in [-0.2, 0) is 10.5 Å². The molecule has 1 heterocycles. The first-order chi connectivity index (χ1) is 11.1. The highest BCUT2D eigenvalue weighted by Gasteiger charge is 2.11. The molecule has 2 rings (SSSR count). The third-order valence-corrected chi connectivity index (χ3v) is 5.23. The number of carbonyl (C=O) groups excluding carboxylic acids is 1. The number of carbonyl (C=O) groups is 1. The molecule has 3 nitrogen and oxygen atoms in total. The van der Waals surface area contributed by atoms with Crippen molar-refractivity contribution < 1.29 is 4.79 Å². The summed E-state index contributed by atoms with van der Waals surface area (Å²) in [5.74, 6) is 1.03. The van der Waals surface area contributed by atoms with E-state index in [1.54, 1.807) is 23.1 Å². The summed E-state index contributed by atoms with van der Waals surface area (Å²) in [7, 11) is 0. The highest BCUT2D eigenvalue weighted by molar-refractivity contribution is 7.97. The van der Waals surface area contributed by atoms with Crippen molar-refractivity contribution in [3.8, 4) is 0 Å². The number of nitrogens with zero attached hydrogens (tertiary/aromatic N) is 1. The SMILES string of the molecule is CSCc1ccc(C(=NNC(=O)CCCl)c2ccc(Cl)cc2)s1. The van der Waals surface area contributed by atoms with Crippen molar-refractivity contribution >= 4 is 57.9 Å². The molecule has 0 aliphatic carbocycles. The molecule has 0 bridgehead atoms. The fourth-order valence-corrected chi connectivity index (χ4v) is 3.94. The van der Waals surface area contributed by atoms with Gasteiger partial charge in [-0.1, -0.05) is 23.7 Å². The van der Waals surface area contributed by atoms with Crippen LogP contribution in [0.5, 0.6) is 0 Å². The van der Waals surface area contributed by atoms with Gasteiger partial charge in [0.2, 0.25) is 5.91 Å². The van der Waals surface area contributed by atoms with E-state index < -0.39 is 0 Å². The molecule has 0 aliphatic rings. The number of amides is 1. The molecular weight excluding hydrogens is 371 g/mol. The van der Waals surface area contributed by atoms with Crippen molar-refractivity contribution in [2.24, 2.45) is 5.10 Å². The molecule has 0 spiro atoms. The minimum Gasteiger partial charge on any atom is -0.273 e. The van der Waals surface area contributed by atoms with Crippen LogP contribution < -0.4 is 5.43 Å². The van der Waals surface area contributed by atoms with E-state index in [2.05, 4.69) is 22.8 Å². The smallest absolute Gasteiger partial charge is 0.241 e. The Balaban J connectivity index is 2.31. The predicted octanol–water partition coefficient (Wildman–Crippen LogP) is 4.76. The number of alkyl halides is 1. The Labute approximate surface area is 154 Å². The lowest BCUT2D eigenvalue weighted by Gasteiger charge is -2.06.